The summed E-state index contributed by atoms with van der Waals surface area (Å²) in [6, 6.07) is 17.8. The van der Waals surface area contributed by atoms with Gasteiger partial charge in [0.1, 0.15) is 5.76 Å². The van der Waals surface area contributed by atoms with Crippen molar-refractivity contribution in [2.75, 3.05) is 13.2 Å². The molecule has 1 unspecified atom stereocenters. The topological polar surface area (TPSA) is 98.6 Å². The summed E-state index contributed by atoms with van der Waals surface area (Å²) in [4.78, 5) is 39.5. The maximum absolute atomic E-state index is 11.4. The van der Waals surface area contributed by atoms with E-state index in [1.807, 2.05) is 88.4 Å². The maximum Gasteiger partial charge on any atom is 0.398 e. The molecule has 0 heterocycles. The third-order valence-electron chi connectivity index (χ3n) is 4.33. The van der Waals surface area contributed by atoms with Crippen molar-refractivity contribution in [2.24, 2.45) is 0 Å². The van der Waals surface area contributed by atoms with Crippen molar-refractivity contribution in [1.82, 2.24) is 0 Å². The van der Waals surface area contributed by atoms with Crippen LogP contribution >= 0.6 is 0 Å². The second-order valence-electron chi connectivity index (χ2n) is 6.96. The zero-order valence-electron chi connectivity index (χ0n) is 23.1. The Morgan fingerprint density at radius 3 is 1.55 bits per heavy atom. The Hall–Kier alpha value is -4.43. The number of aliphatic hydroxyl groups is 1. The van der Waals surface area contributed by atoms with Gasteiger partial charge in [0.15, 0.2) is 0 Å². The highest BCUT2D eigenvalue weighted by atomic mass is 16.5. The molecule has 38 heavy (non-hydrogen) atoms. The van der Waals surface area contributed by atoms with Gasteiger partial charge in [0.2, 0.25) is 5.78 Å². The van der Waals surface area contributed by atoms with Gasteiger partial charge in [-0.2, -0.15) is 0 Å². The molecule has 2 aromatic rings. The number of ether oxygens (including phenoxy) is 2. The van der Waals surface area contributed by atoms with Crippen molar-refractivity contribution in [3.63, 3.8) is 0 Å². The molecule has 0 bridgehead atoms. The molecule has 0 aromatic heterocycles. The fraction of sp³-hybridized carbons (Fsp3) is 0.367. The lowest BCUT2D eigenvalue weighted by Gasteiger charge is -2.04. The number of nitrogens with zero attached hydrogens (tertiary/aromatic N) is 2. The van der Waals surface area contributed by atoms with Gasteiger partial charge in [-0.3, -0.25) is 14.4 Å². The fourth-order valence-electron chi connectivity index (χ4n) is 2.55. The summed E-state index contributed by atoms with van der Waals surface area (Å²) < 4.78 is 9.78. The average Bonchev–Trinajstić information content (AvgIpc) is 2.93. The lowest BCUT2D eigenvalue weighted by Crippen LogP contribution is -2.27. The molecule has 0 aliphatic rings. The number of Topliss-reactive ketones (excluding diaryl/α,β-unsaturated/α-hetero) is 1. The summed E-state index contributed by atoms with van der Waals surface area (Å²) in [5.74, 6) is -2.34. The summed E-state index contributed by atoms with van der Waals surface area (Å²) >= 11 is 0. The van der Waals surface area contributed by atoms with Gasteiger partial charge in [0.25, 0.3) is 0 Å². The third-order valence-corrected chi connectivity index (χ3v) is 4.33. The molecular formula is C30H38N2O6. The number of hydrogen-bond donors (Lipinski definition) is 1. The van der Waals surface area contributed by atoms with Crippen LogP contribution in [0.25, 0.3) is 9.69 Å². The summed E-state index contributed by atoms with van der Waals surface area (Å²) in [5, 5.41) is 9.06. The van der Waals surface area contributed by atoms with Gasteiger partial charge < -0.3 is 14.6 Å². The van der Waals surface area contributed by atoms with E-state index in [2.05, 4.69) is 9.69 Å². The minimum atomic E-state index is -1.31. The number of aliphatic hydroxyl groups excluding tert-OH is 1. The summed E-state index contributed by atoms with van der Waals surface area (Å²) in [6.07, 6.45) is 1.16. The fourth-order valence-corrected chi connectivity index (χ4v) is 2.55. The first kappa shape index (κ1) is 35.7. The Morgan fingerprint density at radius 1 is 0.789 bits per heavy atom. The molecule has 2 aromatic carbocycles. The largest absolute Gasteiger partial charge is 0.523 e. The highest BCUT2D eigenvalue weighted by molar-refractivity contribution is 6.03. The van der Waals surface area contributed by atoms with Crippen LogP contribution in [0.15, 0.2) is 72.1 Å². The predicted octanol–water partition coefficient (Wildman–Crippen LogP) is 6.18. The lowest BCUT2D eigenvalue weighted by molar-refractivity contribution is -0.146. The minimum absolute atomic E-state index is 0.183. The van der Waals surface area contributed by atoms with Crippen molar-refractivity contribution < 1.29 is 29.0 Å². The number of ketones is 1. The molecule has 0 fully saturated rings. The number of benzene rings is 2. The average molecular weight is 523 g/mol. The first-order valence-corrected chi connectivity index (χ1v) is 12.4. The number of carbonyl (C=O) groups excluding carboxylic acids is 3. The van der Waals surface area contributed by atoms with E-state index in [0.29, 0.717) is 12.8 Å². The molecule has 0 amide bonds. The molecule has 8 nitrogen and oxygen atoms in total. The Kier molecular flexibility index (Phi) is 21.6. The van der Waals surface area contributed by atoms with E-state index < -0.39 is 23.8 Å². The van der Waals surface area contributed by atoms with E-state index in [-0.39, 0.29) is 24.7 Å². The molecular weight excluding hydrogens is 484 g/mol. The quantitative estimate of drug-likeness (QED) is 0.139. The molecule has 0 aliphatic carbocycles. The van der Waals surface area contributed by atoms with Crippen LogP contribution in [0, 0.1) is 13.1 Å². The normalized spacial score (nSPS) is 10.4. The Bertz CT molecular complexity index is 1060. The standard InChI is InChI=1S/2C13H13NO3.2C2H6/c2*1-10(15)12(14-2)13(16)17-9-8-11-6-4-3-5-7-11;2*1-2/h3-7,15H,8-9H2,1H3;3-7,12H,8-9H2,1H3;2*1-2H3/b12-10+;;;. The molecule has 1 N–H and O–H groups in total. The Labute approximate surface area is 226 Å². The number of allylic oxidation sites excluding steroid dienone is 1. The first-order chi connectivity index (χ1) is 18.3. The monoisotopic (exact) mass is 522 g/mol. The van der Waals surface area contributed by atoms with E-state index in [1.165, 1.54) is 13.8 Å². The molecule has 0 spiro atoms. The first-order valence-electron chi connectivity index (χ1n) is 12.4. The lowest BCUT2D eigenvalue weighted by atomic mass is 10.2. The zero-order valence-corrected chi connectivity index (χ0v) is 23.1. The molecule has 204 valence electrons. The molecule has 0 radical (unpaired) electrons. The van der Waals surface area contributed by atoms with Crippen molar-refractivity contribution in [1.29, 1.82) is 0 Å². The van der Waals surface area contributed by atoms with Crippen molar-refractivity contribution in [3.8, 4) is 0 Å². The highest BCUT2D eigenvalue weighted by Gasteiger charge is 2.30. The number of carbonyl (C=O) groups is 3. The van der Waals surface area contributed by atoms with Crippen LogP contribution in [0.5, 0.6) is 0 Å². The van der Waals surface area contributed by atoms with Crippen LogP contribution in [-0.4, -0.2) is 42.1 Å². The van der Waals surface area contributed by atoms with Gasteiger partial charge in [0.05, 0.1) is 19.8 Å². The molecule has 8 heteroatoms. The van der Waals surface area contributed by atoms with E-state index in [0.717, 1.165) is 11.1 Å². The van der Waals surface area contributed by atoms with Crippen LogP contribution in [0.4, 0.5) is 0 Å². The van der Waals surface area contributed by atoms with Crippen molar-refractivity contribution in [2.45, 2.75) is 60.4 Å². The highest BCUT2D eigenvalue weighted by Crippen LogP contribution is 2.07. The van der Waals surface area contributed by atoms with Gasteiger partial charge in [0, 0.05) is 19.8 Å². The minimum Gasteiger partial charge on any atom is -0.523 e. The Balaban J connectivity index is 0. The molecule has 0 saturated heterocycles. The SMILES string of the molecule is CC.CC.[C-]#[N+]/C(C(=O)OCCc1ccccc1)=C(\C)O.[C-]#[N+]C(C(C)=O)C(=O)OCCc1ccccc1. The van der Waals surface area contributed by atoms with Gasteiger partial charge in [-0.1, -0.05) is 88.4 Å². The van der Waals surface area contributed by atoms with Gasteiger partial charge >= 0.3 is 23.7 Å². The van der Waals surface area contributed by atoms with E-state index in [9.17, 15) is 14.4 Å². The molecule has 0 aliphatic heterocycles. The molecule has 2 rings (SSSR count). The second-order valence-corrected chi connectivity index (χ2v) is 6.96. The maximum atomic E-state index is 11.4. The van der Waals surface area contributed by atoms with Gasteiger partial charge in [-0.05, 0) is 18.1 Å². The third kappa shape index (κ3) is 15.5. The van der Waals surface area contributed by atoms with Gasteiger partial charge in [-0.25, -0.2) is 16.2 Å². The van der Waals surface area contributed by atoms with Crippen LogP contribution in [0.3, 0.4) is 0 Å². The van der Waals surface area contributed by atoms with Crippen molar-refractivity contribution >= 4 is 17.7 Å². The van der Waals surface area contributed by atoms with E-state index in [1.54, 1.807) is 0 Å². The second kappa shape index (κ2) is 23.0. The summed E-state index contributed by atoms with van der Waals surface area (Å²) in [5.41, 5.74) is 1.73. The van der Waals surface area contributed by atoms with E-state index >= 15 is 0 Å². The van der Waals surface area contributed by atoms with Crippen LogP contribution in [0.1, 0.15) is 52.7 Å². The summed E-state index contributed by atoms with van der Waals surface area (Å²) in [6.45, 7) is 24.3. The number of rotatable bonds is 9. The predicted molar refractivity (Wildman–Crippen MR) is 148 cm³/mol. The number of hydrogen-bond acceptors (Lipinski definition) is 6. The van der Waals surface area contributed by atoms with Crippen LogP contribution in [-0.2, 0) is 36.7 Å². The van der Waals surface area contributed by atoms with Crippen LogP contribution in [0.2, 0.25) is 0 Å². The molecule has 0 saturated carbocycles. The smallest absolute Gasteiger partial charge is 0.398 e. The Morgan fingerprint density at radius 2 is 1.21 bits per heavy atom. The zero-order chi connectivity index (χ0) is 29.3. The van der Waals surface area contributed by atoms with Gasteiger partial charge in [-0.15, -0.1) is 0 Å². The van der Waals surface area contributed by atoms with E-state index in [4.69, 9.17) is 27.7 Å². The number of esters is 2. The van der Waals surface area contributed by atoms with Crippen molar-refractivity contribution in [3.05, 3.63) is 106 Å². The van der Waals surface area contributed by atoms with Crippen LogP contribution < -0.4 is 0 Å². The summed E-state index contributed by atoms with van der Waals surface area (Å²) in [7, 11) is 0. The molecule has 1 atom stereocenters.